The predicted molar refractivity (Wildman–Crippen MR) is 86.4 cm³/mol. The van der Waals surface area contributed by atoms with Crippen LogP contribution in [0.4, 0.5) is 0 Å². The van der Waals surface area contributed by atoms with E-state index in [1.807, 2.05) is 12.1 Å². The van der Waals surface area contributed by atoms with E-state index in [-0.39, 0.29) is 5.56 Å². The molecule has 4 heteroatoms. The van der Waals surface area contributed by atoms with Crippen molar-refractivity contribution in [2.45, 2.75) is 40.2 Å². The van der Waals surface area contributed by atoms with Crippen molar-refractivity contribution in [3.63, 3.8) is 0 Å². The lowest BCUT2D eigenvalue weighted by molar-refractivity contribution is 0.636. The summed E-state index contributed by atoms with van der Waals surface area (Å²) in [5.41, 5.74) is 4.93. The molecule has 0 saturated heterocycles. The van der Waals surface area contributed by atoms with E-state index < -0.39 is 0 Å². The summed E-state index contributed by atoms with van der Waals surface area (Å²) < 4.78 is 0. The Labute approximate surface area is 125 Å². The van der Waals surface area contributed by atoms with Crippen LogP contribution in [0.2, 0.25) is 0 Å². The second-order valence-corrected chi connectivity index (χ2v) is 5.44. The molecule has 112 valence electrons. The highest BCUT2D eigenvalue weighted by Gasteiger charge is 2.06. The van der Waals surface area contributed by atoms with E-state index in [9.17, 15) is 4.79 Å². The van der Waals surface area contributed by atoms with E-state index in [1.165, 1.54) is 11.1 Å². The maximum absolute atomic E-state index is 11.8. The molecule has 21 heavy (non-hydrogen) atoms. The van der Waals surface area contributed by atoms with Crippen LogP contribution in [0.5, 0.6) is 0 Å². The average Bonchev–Trinajstić information content (AvgIpc) is 2.48. The topological polar surface area (TPSA) is 57.8 Å². The van der Waals surface area contributed by atoms with Crippen molar-refractivity contribution in [1.82, 2.24) is 15.5 Å². The van der Waals surface area contributed by atoms with Gasteiger partial charge in [-0.05, 0) is 50.1 Å². The van der Waals surface area contributed by atoms with Crippen molar-refractivity contribution in [3.05, 3.63) is 51.3 Å². The largest absolute Gasteiger partial charge is 0.312 e. The van der Waals surface area contributed by atoms with Gasteiger partial charge in [-0.25, -0.2) is 5.10 Å². The van der Waals surface area contributed by atoms with Gasteiger partial charge in [-0.3, -0.25) is 4.79 Å². The Hall–Kier alpha value is -1.94. The Kier molecular flexibility index (Phi) is 5.28. The highest BCUT2D eigenvalue weighted by Crippen LogP contribution is 2.19. The molecule has 0 amide bonds. The van der Waals surface area contributed by atoms with Crippen molar-refractivity contribution < 1.29 is 0 Å². The summed E-state index contributed by atoms with van der Waals surface area (Å²) in [5.74, 6) is 0. The summed E-state index contributed by atoms with van der Waals surface area (Å²) in [7, 11) is 0. The number of aromatic amines is 1. The van der Waals surface area contributed by atoms with Crippen LogP contribution in [0, 0.1) is 13.8 Å². The lowest BCUT2D eigenvalue weighted by Gasteiger charge is -2.07. The second kappa shape index (κ2) is 7.18. The zero-order chi connectivity index (χ0) is 15.2. The fourth-order valence-electron chi connectivity index (χ4n) is 2.15. The van der Waals surface area contributed by atoms with E-state index in [2.05, 4.69) is 48.4 Å². The molecule has 2 aromatic rings. The van der Waals surface area contributed by atoms with Crippen LogP contribution in [-0.4, -0.2) is 16.7 Å². The van der Waals surface area contributed by atoms with Gasteiger partial charge >= 0.3 is 0 Å². The average molecular weight is 285 g/mol. The number of hydrogen-bond acceptors (Lipinski definition) is 3. The number of benzene rings is 1. The number of hydrogen-bond donors (Lipinski definition) is 2. The van der Waals surface area contributed by atoms with Crippen LogP contribution < -0.4 is 10.9 Å². The number of nitrogens with zero attached hydrogens (tertiary/aromatic N) is 1. The Morgan fingerprint density at radius 2 is 2.00 bits per heavy atom. The van der Waals surface area contributed by atoms with Crippen molar-refractivity contribution in [2.24, 2.45) is 0 Å². The van der Waals surface area contributed by atoms with Gasteiger partial charge in [0, 0.05) is 17.7 Å². The minimum Gasteiger partial charge on any atom is -0.312 e. The molecule has 0 radical (unpaired) electrons. The summed E-state index contributed by atoms with van der Waals surface area (Å²) in [6.07, 6.45) is 2.26. The molecule has 0 bridgehead atoms. The molecule has 0 saturated carbocycles. The first-order valence-corrected chi connectivity index (χ1v) is 7.48. The van der Waals surface area contributed by atoms with E-state index >= 15 is 0 Å². The summed E-state index contributed by atoms with van der Waals surface area (Å²) >= 11 is 0. The number of aryl methyl sites for hydroxylation is 2. The molecule has 0 spiro atoms. The number of unbranched alkanes of at least 4 members (excludes halogenated alkanes) is 1. The van der Waals surface area contributed by atoms with Crippen molar-refractivity contribution in [3.8, 4) is 11.3 Å². The van der Waals surface area contributed by atoms with Gasteiger partial charge in [0.1, 0.15) is 0 Å². The van der Waals surface area contributed by atoms with Gasteiger partial charge < -0.3 is 5.32 Å². The molecular formula is C17H23N3O. The van der Waals surface area contributed by atoms with Crippen molar-refractivity contribution >= 4 is 0 Å². The van der Waals surface area contributed by atoms with Crippen LogP contribution in [0.1, 0.15) is 36.5 Å². The van der Waals surface area contributed by atoms with Crippen LogP contribution in [0.15, 0.2) is 29.1 Å². The standard InChI is InChI=1S/C17H23N3O/c1-4-5-8-18-11-15-10-16(19-20-17(15)21)14-7-6-12(2)13(3)9-14/h6-7,9-10,18H,4-5,8,11H2,1-3H3,(H,20,21). The third-order valence-corrected chi connectivity index (χ3v) is 3.71. The molecule has 0 aliphatic carbocycles. The van der Waals surface area contributed by atoms with Crippen LogP contribution in [-0.2, 0) is 6.54 Å². The SMILES string of the molecule is CCCCNCc1cc(-c2ccc(C)c(C)c2)n[nH]c1=O. The van der Waals surface area contributed by atoms with E-state index in [1.54, 1.807) is 0 Å². The maximum atomic E-state index is 11.8. The third kappa shape index (κ3) is 4.02. The zero-order valence-corrected chi connectivity index (χ0v) is 13.0. The fraction of sp³-hybridized carbons (Fsp3) is 0.412. The first kappa shape index (κ1) is 15.4. The number of H-pyrrole nitrogens is 1. The van der Waals surface area contributed by atoms with Gasteiger partial charge in [0.25, 0.3) is 5.56 Å². The lowest BCUT2D eigenvalue weighted by Crippen LogP contribution is -2.22. The summed E-state index contributed by atoms with van der Waals surface area (Å²) in [6, 6.07) is 8.10. The number of nitrogens with one attached hydrogen (secondary N) is 2. The molecule has 1 aromatic carbocycles. The first-order valence-electron chi connectivity index (χ1n) is 7.48. The minimum atomic E-state index is -0.119. The first-order chi connectivity index (χ1) is 10.1. The zero-order valence-electron chi connectivity index (χ0n) is 13.0. The molecule has 0 aliphatic heterocycles. The highest BCUT2D eigenvalue weighted by molar-refractivity contribution is 5.60. The molecule has 1 aromatic heterocycles. The molecule has 0 aliphatic rings. The molecule has 2 N–H and O–H groups in total. The molecule has 0 atom stereocenters. The molecular weight excluding hydrogens is 262 g/mol. The van der Waals surface area contributed by atoms with E-state index in [0.717, 1.165) is 36.2 Å². The van der Waals surface area contributed by atoms with Crippen molar-refractivity contribution in [1.29, 1.82) is 0 Å². The Morgan fingerprint density at radius 3 is 2.71 bits per heavy atom. The normalized spacial score (nSPS) is 10.8. The van der Waals surface area contributed by atoms with Crippen molar-refractivity contribution in [2.75, 3.05) is 6.54 Å². The Bertz CT molecular complexity index is 661. The van der Waals surface area contributed by atoms with Crippen LogP contribution >= 0.6 is 0 Å². The summed E-state index contributed by atoms with van der Waals surface area (Å²) in [5, 5.41) is 10.1. The van der Waals surface area contributed by atoms with E-state index in [4.69, 9.17) is 0 Å². The lowest BCUT2D eigenvalue weighted by atomic mass is 10.0. The van der Waals surface area contributed by atoms with Gasteiger partial charge in [-0.15, -0.1) is 0 Å². The third-order valence-electron chi connectivity index (χ3n) is 3.71. The molecule has 1 heterocycles. The van der Waals surface area contributed by atoms with Gasteiger partial charge in [0.2, 0.25) is 0 Å². The Balaban J connectivity index is 2.21. The van der Waals surface area contributed by atoms with Gasteiger partial charge in [-0.1, -0.05) is 25.5 Å². The van der Waals surface area contributed by atoms with E-state index in [0.29, 0.717) is 6.54 Å². The summed E-state index contributed by atoms with van der Waals surface area (Å²) in [6.45, 7) is 7.83. The molecule has 0 fully saturated rings. The smallest absolute Gasteiger partial charge is 0.268 e. The van der Waals surface area contributed by atoms with Crippen LogP contribution in [0.3, 0.4) is 0 Å². The second-order valence-electron chi connectivity index (χ2n) is 5.44. The number of aromatic nitrogens is 2. The molecule has 2 rings (SSSR count). The monoisotopic (exact) mass is 285 g/mol. The maximum Gasteiger partial charge on any atom is 0.268 e. The van der Waals surface area contributed by atoms with Gasteiger partial charge in [-0.2, -0.15) is 5.10 Å². The minimum absolute atomic E-state index is 0.119. The molecule has 4 nitrogen and oxygen atoms in total. The van der Waals surface area contributed by atoms with Gasteiger partial charge in [0.05, 0.1) is 5.69 Å². The quantitative estimate of drug-likeness (QED) is 0.802. The predicted octanol–water partition coefficient (Wildman–Crippen LogP) is 2.94. The number of rotatable bonds is 6. The molecule has 0 unspecified atom stereocenters. The highest BCUT2D eigenvalue weighted by atomic mass is 16.1. The summed E-state index contributed by atoms with van der Waals surface area (Å²) in [4.78, 5) is 11.8. The Morgan fingerprint density at radius 1 is 1.19 bits per heavy atom. The van der Waals surface area contributed by atoms with Gasteiger partial charge in [0.15, 0.2) is 0 Å². The van der Waals surface area contributed by atoms with Crippen LogP contribution in [0.25, 0.3) is 11.3 Å². The fourth-order valence-corrected chi connectivity index (χ4v) is 2.15.